The summed E-state index contributed by atoms with van der Waals surface area (Å²) >= 11 is 6.27. The molecule has 4 rings (SSSR count). The predicted molar refractivity (Wildman–Crippen MR) is 116 cm³/mol. The van der Waals surface area contributed by atoms with E-state index in [2.05, 4.69) is 43.8 Å². The van der Waals surface area contributed by atoms with Gasteiger partial charge in [-0.3, -0.25) is 0 Å². The summed E-state index contributed by atoms with van der Waals surface area (Å²) in [6, 6.07) is 0.476. The number of anilines is 1. The molecule has 1 N–H and O–H groups in total. The molecule has 0 bridgehead atoms. The first-order valence-corrected chi connectivity index (χ1v) is 11.6. The number of aromatic nitrogens is 4. The molecule has 1 unspecified atom stereocenters. The Balaban J connectivity index is 1.43. The number of halogens is 1. The summed E-state index contributed by atoms with van der Waals surface area (Å²) in [7, 11) is 0. The molecule has 0 spiro atoms. The van der Waals surface area contributed by atoms with Crippen molar-refractivity contribution in [1.82, 2.24) is 24.5 Å². The first kappa shape index (κ1) is 20.8. The van der Waals surface area contributed by atoms with Crippen LogP contribution in [0.3, 0.4) is 0 Å². The van der Waals surface area contributed by atoms with E-state index in [0.29, 0.717) is 23.9 Å². The Hall–Kier alpha value is -1.44. The summed E-state index contributed by atoms with van der Waals surface area (Å²) in [6.07, 6.45) is 11.6. The van der Waals surface area contributed by atoms with Gasteiger partial charge in [-0.15, -0.1) is 0 Å². The molecule has 160 valence electrons. The average Bonchev–Trinajstić information content (AvgIpc) is 3.39. The molecular weight excluding hydrogens is 388 g/mol. The molecular formula is C21H33ClN6O. The Kier molecular flexibility index (Phi) is 6.88. The van der Waals surface area contributed by atoms with Crippen molar-refractivity contribution >= 4 is 28.6 Å². The highest BCUT2D eigenvalue weighted by molar-refractivity contribution is 6.28. The summed E-state index contributed by atoms with van der Waals surface area (Å²) in [5.41, 5.74) is 5.12. The van der Waals surface area contributed by atoms with Gasteiger partial charge in [-0.05, 0) is 56.0 Å². The van der Waals surface area contributed by atoms with Gasteiger partial charge in [-0.25, -0.2) is 9.99 Å². The van der Waals surface area contributed by atoms with Crippen molar-refractivity contribution in [3.8, 4) is 0 Å². The highest BCUT2D eigenvalue weighted by atomic mass is 35.5. The average molecular weight is 421 g/mol. The van der Waals surface area contributed by atoms with E-state index in [1.807, 2.05) is 6.33 Å². The first-order valence-electron chi connectivity index (χ1n) is 11.2. The summed E-state index contributed by atoms with van der Waals surface area (Å²) in [5.74, 6) is 1.34. The molecule has 1 aliphatic heterocycles. The number of hydrogen-bond acceptors (Lipinski definition) is 6. The monoisotopic (exact) mass is 420 g/mol. The second-order valence-corrected chi connectivity index (χ2v) is 8.70. The minimum Gasteiger partial charge on any atom is -0.378 e. The van der Waals surface area contributed by atoms with Gasteiger partial charge >= 0.3 is 0 Å². The number of ether oxygens (including phenoxy) is 1. The molecule has 7 nitrogen and oxygen atoms in total. The van der Waals surface area contributed by atoms with Crippen molar-refractivity contribution in [2.75, 3.05) is 25.1 Å². The van der Waals surface area contributed by atoms with Crippen LogP contribution in [0.15, 0.2) is 6.33 Å². The molecule has 0 aromatic carbocycles. The fraction of sp³-hybridized carbons (Fsp3) is 0.762. The van der Waals surface area contributed by atoms with Crippen LogP contribution in [-0.4, -0.2) is 50.3 Å². The number of rotatable bonds is 8. The topological polar surface area (TPSA) is 68.1 Å². The van der Waals surface area contributed by atoms with Gasteiger partial charge in [0.25, 0.3) is 0 Å². The second-order valence-electron chi connectivity index (χ2n) is 8.36. The Morgan fingerprint density at radius 3 is 2.62 bits per heavy atom. The Morgan fingerprint density at radius 2 is 1.93 bits per heavy atom. The van der Waals surface area contributed by atoms with Crippen LogP contribution < -0.4 is 5.43 Å². The molecule has 8 heteroatoms. The van der Waals surface area contributed by atoms with Crippen molar-refractivity contribution < 1.29 is 4.74 Å². The summed E-state index contributed by atoms with van der Waals surface area (Å²) < 4.78 is 8.25. The number of imidazole rings is 1. The second kappa shape index (κ2) is 9.58. The zero-order chi connectivity index (χ0) is 20.2. The van der Waals surface area contributed by atoms with E-state index < -0.39 is 0 Å². The number of hydrogen-bond donors (Lipinski definition) is 1. The zero-order valence-corrected chi connectivity index (χ0v) is 18.4. The highest BCUT2D eigenvalue weighted by Gasteiger charge is 2.27. The van der Waals surface area contributed by atoms with Crippen LogP contribution in [0.4, 0.5) is 5.82 Å². The minimum atomic E-state index is 0.272. The van der Waals surface area contributed by atoms with E-state index in [1.54, 1.807) is 0 Å². The van der Waals surface area contributed by atoms with Crippen LogP contribution in [-0.2, 0) is 4.74 Å². The van der Waals surface area contributed by atoms with Gasteiger partial charge < -0.3 is 14.7 Å². The fourth-order valence-corrected chi connectivity index (χ4v) is 4.97. The molecule has 2 aromatic heterocycles. The maximum Gasteiger partial charge on any atom is 0.226 e. The van der Waals surface area contributed by atoms with Gasteiger partial charge in [-0.1, -0.05) is 26.7 Å². The fourth-order valence-electron chi connectivity index (χ4n) is 4.81. The van der Waals surface area contributed by atoms with E-state index in [9.17, 15) is 0 Å². The van der Waals surface area contributed by atoms with Gasteiger partial charge in [0, 0.05) is 25.7 Å². The van der Waals surface area contributed by atoms with Crippen molar-refractivity contribution in [1.29, 1.82) is 0 Å². The van der Waals surface area contributed by atoms with E-state index in [-0.39, 0.29) is 5.28 Å². The molecule has 1 saturated heterocycles. The number of nitrogens with one attached hydrogen (secondary N) is 1. The highest BCUT2D eigenvalue weighted by Crippen LogP contribution is 2.33. The molecule has 0 radical (unpaired) electrons. The lowest BCUT2D eigenvalue weighted by Gasteiger charge is -2.35. The third-order valence-electron chi connectivity index (χ3n) is 6.38. The van der Waals surface area contributed by atoms with E-state index in [4.69, 9.17) is 16.3 Å². The first-order chi connectivity index (χ1) is 14.2. The third-order valence-corrected chi connectivity index (χ3v) is 6.55. The Labute approximate surface area is 178 Å². The van der Waals surface area contributed by atoms with Gasteiger partial charge in [0.15, 0.2) is 17.0 Å². The van der Waals surface area contributed by atoms with Gasteiger partial charge in [0.05, 0.1) is 12.4 Å². The molecule has 0 amide bonds. The summed E-state index contributed by atoms with van der Waals surface area (Å²) in [6.45, 7) is 7.18. The molecule has 1 atom stereocenters. The molecule has 3 heterocycles. The van der Waals surface area contributed by atoms with Crippen molar-refractivity contribution in [3.05, 3.63) is 11.6 Å². The number of piperidine rings is 1. The van der Waals surface area contributed by atoms with E-state index >= 15 is 0 Å². The van der Waals surface area contributed by atoms with Crippen LogP contribution in [0.5, 0.6) is 0 Å². The number of nitrogens with zero attached hydrogens (tertiary/aromatic N) is 5. The molecule has 2 fully saturated rings. The predicted octanol–water partition coefficient (Wildman–Crippen LogP) is 4.84. The lowest BCUT2D eigenvalue weighted by molar-refractivity contribution is -0.00890. The lowest BCUT2D eigenvalue weighted by Crippen LogP contribution is -2.41. The SMILES string of the molecule is CCCOC(CC)C1CCN(Nc2nc(Cl)nc3c2ncn3C2CCCC2)CC1. The molecule has 29 heavy (non-hydrogen) atoms. The summed E-state index contributed by atoms with van der Waals surface area (Å²) in [4.78, 5) is 13.6. The van der Waals surface area contributed by atoms with Crippen LogP contribution in [0, 0.1) is 5.92 Å². The van der Waals surface area contributed by atoms with Crippen molar-refractivity contribution in [2.45, 2.75) is 77.4 Å². The van der Waals surface area contributed by atoms with Crippen LogP contribution in [0.25, 0.3) is 11.2 Å². The molecule has 1 aliphatic carbocycles. The number of fused-ring (bicyclic) bond motifs is 1. The lowest BCUT2D eigenvalue weighted by atomic mass is 9.90. The van der Waals surface area contributed by atoms with Gasteiger partial charge in [0.2, 0.25) is 5.28 Å². The molecule has 2 aromatic rings. The zero-order valence-electron chi connectivity index (χ0n) is 17.6. The van der Waals surface area contributed by atoms with Crippen molar-refractivity contribution in [2.24, 2.45) is 5.92 Å². The van der Waals surface area contributed by atoms with Crippen molar-refractivity contribution in [3.63, 3.8) is 0 Å². The van der Waals surface area contributed by atoms with Gasteiger partial charge in [-0.2, -0.15) is 9.97 Å². The van der Waals surface area contributed by atoms with E-state index in [0.717, 1.165) is 56.5 Å². The summed E-state index contributed by atoms with van der Waals surface area (Å²) in [5, 5.41) is 2.50. The quantitative estimate of drug-likeness (QED) is 0.616. The Morgan fingerprint density at radius 1 is 1.17 bits per heavy atom. The van der Waals surface area contributed by atoms with Crippen LogP contribution in [0.1, 0.15) is 71.3 Å². The standard InChI is InChI=1S/C21H33ClN6O/c1-3-13-29-17(4-2)15-9-11-27(12-10-15)26-19-18-20(25-21(22)24-19)28(14-23-18)16-7-5-6-8-16/h14-17H,3-13H2,1-2H3,(H,24,25,26). The largest absolute Gasteiger partial charge is 0.378 e. The van der Waals surface area contributed by atoms with Crippen LogP contribution >= 0.6 is 11.6 Å². The maximum absolute atomic E-state index is 6.27. The third kappa shape index (κ3) is 4.67. The Bertz CT molecular complexity index is 798. The smallest absolute Gasteiger partial charge is 0.226 e. The molecule has 2 aliphatic rings. The normalized spacial score (nSPS) is 20.5. The van der Waals surface area contributed by atoms with Crippen LogP contribution in [0.2, 0.25) is 5.28 Å². The number of hydrazine groups is 1. The van der Waals surface area contributed by atoms with Gasteiger partial charge in [0.1, 0.15) is 0 Å². The maximum atomic E-state index is 6.27. The minimum absolute atomic E-state index is 0.272. The molecule has 1 saturated carbocycles. The van der Waals surface area contributed by atoms with E-state index in [1.165, 1.54) is 25.7 Å².